The Kier molecular flexibility index (Phi) is 3.68. The summed E-state index contributed by atoms with van der Waals surface area (Å²) in [6.45, 7) is 2.07. The first kappa shape index (κ1) is 14.1. The van der Waals surface area contributed by atoms with Gasteiger partial charge in [0.25, 0.3) is 0 Å². The number of fused-ring (bicyclic) bond motifs is 2. The summed E-state index contributed by atoms with van der Waals surface area (Å²) in [6, 6.07) is 7.62. The number of carbonyl (C=O) groups excluding carboxylic acids is 1. The third-order valence-corrected chi connectivity index (χ3v) is 4.49. The minimum atomic E-state index is -0.941. The van der Waals surface area contributed by atoms with Crippen LogP contribution in [0.25, 0.3) is 0 Å². The van der Waals surface area contributed by atoms with E-state index in [4.69, 9.17) is 4.74 Å². The number of carboxylic acid groups (broad SMARTS) is 1. The van der Waals surface area contributed by atoms with E-state index in [9.17, 15) is 14.7 Å². The van der Waals surface area contributed by atoms with Gasteiger partial charge in [0.2, 0.25) is 5.91 Å². The number of carbonyl (C=O) groups is 2. The van der Waals surface area contributed by atoms with Crippen molar-refractivity contribution in [1.82, 2.24) is 0 Å². The second kappa shape index (κ2) is 5.48. The van der Waals surface area contributed by atoms with E-state index < -0.39 is 17.8 Å². The third-order valence-electron chi connectivity index (χ3n) is 4.49. The van der Waals surface area contributed by atoms with Crippen LogP contribution in [0.2, 0.25) is 0 Å². The summed E-state index contributed by atoms with van der Waals surface area (Å²) in [5, 5.41) is 12.2. The molecular weight excluding hydrogens is 270 g/mol. The zero-order valence-electron chi connectivity index (χ0n) is 11.9. The standard InChI is InChI=1S/C16H19NO4/c1-2-9-3-5-10(6-4-9)17-15(18)13-11-7-8-12(21-11)14(13)16(19)20/h3-6,11-14H,2,7-8H2,1H3,(H,17,18)(H,19,20)/t11-,12+,13-,14-/m0/s1. The van der Waals surface area contributed by atoms with Crippen LogP contribution in [-0.4, -0.2) is 29.2 Å². The van der Waals surface area contributed by atoms with Gasteiger partial charge in [-0.3, -0.25) is 9.59 Å². The Bertz CT molecular complexity index is 554. The summed E-state index contributed by atoms with van der Waals surface area (Å²) in [7, 11) is 0. The number of ether oxygens (including phenoxy) is 1. The molecule has 0 aromatic heterocycles. The van der Waals surface area contributed by atoms with Gasteiger partial charge in [-0.25, -0.2) is 0 Å². The highest BCUT2D eigenvalue weighted by molar-refractivity contribution is 5.96. The first-order chi connectivity index (χ1) is 10.1. The summed E-state index contributed by atoms with van der Waals surface area (Å²) < 4.78 is 5.61. The molecule has 2 aliphatic heterocycles. The molecule has 2 bridgehead atoms. The quantitative estimate of drug-likeness (QED) is 0.889. The lowest BCUT2D eigenvalue weighted by Gasteiger charge is -2.23. The number of anilines is 1. The Morgan fingerprint density at radius 3 is 2.38 bits per heavy atom. The molecule has 3 rings (SSSR count). The number of rotatable bonds is 4. The zero-order valence-corrected chi connectivity index (χ0v) is 11.9. The number of aryl methyl sites for hydroxylation is 1. The molecule has 2 fully saturated rings. The van der Waals surface area contributed by atoms with E-state index in [0.717, 1.165) is 19.3 Å². The minimum Gasteiger partial charge on any atom is -0.481 e. The van der Waals surface area contributed by atoms with Gasteiger partial charge in [0, 0.05) is 5.69 Å². The van der Waals surface area contributed by atoms with Crippen molar-refractivity contribution >= 4 is 17.6 Å². The summed E-state index contributed by atoms with van der Waals surface area (Å²) in [5.41, 5.74) is 1.89. The van der Waals surface area contributed by atoms with E-state index in [1.807, 2.05) is 24.3 Å². The highest BCUT2D eigenvalue weighted by atomic mass is 16.5. The van der Waals surface area contributed by atoms with Crippen molar-refractivity contribution in [2.45, 2.75) is 38.4 Å². The van der Waals surface area contributed by atoms with Crippen molar-refractivity contribution in [2.75, 3.05) is 5.32 Å². The van der Waals surface area contributed by atoms with Gasteiger partial charge in [-0.05, 0) is 37.0 Å². The molecule has 4 atom stereocenters. The van der Waals surface area contributed by atoms with E-state index in [1.165, 1.54) is 5.56 Å². The van der Waals surface area contributed by atoms with E-state index in [0.29, 0.717) is 5.69 Å². The van der Waals surface area contributed by atoms with Gasteiger partial charge in [0.1, 0.15) is 0 Å². The van der Waals surface area contributed by atoms with Gasteiger partial charge in [-0.1, -0.05) is 19.1 Å². The van der Waals surface area contributed by atoms with Gasteiger partial charge in [-0.2, -0.15) is 0 Å². The van der Waals surface area contributed by atoms with Crippen LogP contribution in [0.15, 0.2) is 24.3 Å². The van der Waals surface area contributed by atoms with E-state index >= 15 is 0 Å². The predicted molar refractivity (Wildman–Crippen MR) is 77.0 cm³/mol. The normalized spacial score (nSPS) is 30.3. The highest BCUT2D eigenvalue weighted by Crippen LogP contribution is 2.44. The molecule has 2 aliphatic rings. The second-order valence-electron chi connectivity index (χ2n) is 5.72. The van der Waals surface area contributed by atoms with E-state index in [2.05, 4.69) is 12.2 Å². The summed E-state index contributed by atoms with van der Waals surface area (Å²) in [4.78, 5) is 23.8. The number of carboxylic acids is 1. The Morgan fingerprint density at radius 2 is 1.81 bits per heavy atom. The molecule has 2 saturated heterocycles. The average molecular weight is 289 g/mol. The summed E-state index contributed by atoms with van der Waals surface area (Å²) in [6.07, 6.45) is 1.87. The molecule has 112 valence electrons. The fourth-order valence-corrected chi connectivity index (χ4v) is 3.37. The van der Waals surface area contributed by atoms with Crippen molar-refractivity contribution in [3.05, 3.63) is 29.8 Å². The maximum absolute atomic E-state index is 12.4. The molecule has 0 saturated carbocycles. The average Bonchev–Trinajstić information content (AvgIpc) is 3.08. The van der Waals surface area contributed by atoms with E-state index in [-0.39, 0.29) is 18.1 Å². The molecule has 2 N–H and O–H groups in total. The number of benzene rings is 1. The SMILES string of the molecule is CCc1ccc(NC(=O)[C@@H]2[C@@H](C(=O)O)[C@H]3CC[C@@H]2O3)cc1. The minimum absolute atomic E-state index is 0.251. The van der Waals surface area contributed by atoms with Crippen LogP contribution in [0.1, 0.15) is 25.3 Å². The molecular formula is C16H19NO4. The molecule has 21 heavy (non-hydrogen) atoms. The topological polar surface area (TPSA) is 75.6 Å². The molecule has 2 heterocycles. The number of amides is 1. The lowest BCUT2D eigenvalue weighted by Crippen LogP contribution is -2.40. The summed E-state index contributed by atoms with van der Waals surface area (Å²) >= 11 is 0. The van der Waals surface area contributed by atoms with Crippen molar-refractivity contribution in [3.63, 3.8) is 0 Å². The molecule has 0 spiro atoms. The van der Waals surface area contributed by atoms with Gasteiger partial charge in [0.05, 0.1) is 24.0 Å². The van der Waals surface area contributed by atoms with Gasteiger partial charge >= 0.3 is 5.97 Å². The first-order valence-electron chi connectivity index (χ1n) is 7.38. The van der Waals surface area contributed by atoms with Crippen LogP contribution >= 0.6 is 0 Å². The molecule has 0 unspecified atom stereocenters. The lowest BCUT2D eigenvalue weighted by atomic mass is 9.78. The van der Waals surface area contributed by atoms with Gasteiger partial charge in [0.15, 0.2) is 0 Å². The molecule has 1 aromatic rings. The molecule has 1 amide bonds. The van der Waals surface area contributed by atoms with Crippen LogP contribution in [0.3, 0.4) is 0 Å². The van der Waals surface area contributed by atoms with Crippen molar-refractivity contribution in [2.24, 2.45) is 11.8 Å². The fourth-order valence-electron chi connectivity index (χ4n) is 3.37. The Labute approximate surface area is 123 Å². The Balaban J connectivity index is 1.73. The van der Waals surface area contributed by atoms with Crippen LogP contribution in [0, 0.1) is 11.8 Å². The van der Waals surface area contributed by atoms with Crippen LogP contribution in [0.5, 0.6) is 0 Å². The largest absolute Gasteiger partial charge is 0.481 e. The smallest absolute Gasteiger partial charge is 0.310 e. The van der Waals surface area contributed by atoms with Gasteiger partial charge < -0.3 is 15.2 Å². The lowest BCUT2D eigenvalue weighted by molar-refractivity contribution is -0.147. The van der Waals surface area contributed by atoms with Crippen LogP contribution in [-0.2, 0) is 20.7 Å². The van der Waals surface area contributed by atoms with E-state index in [1.54, 1.807) is 0 Å². The zero-order chi connectivity index (χ0) is 15.0. The maximum atomic E-state index is 12.4. The number of nitrogens with one attached hydrogen (secondary N) is 1. The fraction of sp³-hybridized carbons (Fsp3) is 0.500. The third kappa shape index (κ3) is 2.53. The number of hydrogen-bond donors (Lipinski definition) is 2. The Hall–Kier alpha value is -1.88. The predicted octanol–water partition coefficient (Wildman–Crippen LogP) is 2.07. The molecule has 5 heteroatoms. The van der Waals surface area contributed by atoms with Crippen LogP contribution in [0.4, 0.5) is 5.69 Å². The molecule has 0 aliphatic carbocycles. The van der Waals surface area contributed by atoms with Crippen molar-refractivity contribution < 1.29 is 19.4 Å². The first-order valence-corrected chi connectivity index (χ1v) is 7.38. The monoisotopic (exact) mass is 289 g/mol. The number of hydrogen-bond acceptors (Lipinski definition) is 3. The Morgan fingerprint density at radius 1 is 1.19 bits per heavy atom. The molecule has 1 aromatic carbocycles. The highest BCUT2D eigenvalue weighted by Gasteiger charge is 2.55. The second-order valence-corrected chi connectivity index (χ2v) is 5.72. The maximum Gasteiger partial charge on any atom is 0.310 e. The number of aliphatic carboxylic acids is 1. The molecule has 0 radical (unpaired) electrons. The summed E-state index contributed by atoms with van der Waals surface area (Å²) in [5.74, 6) is -2.51. The van der Waals surface area contributed by atoms with Crippen LogP contribution < -0.4 is 5.32 Å². The van der Waals surface area contributed by atoms with Crippen molar-refractivity contribution in [1.29, 1.82) is 0 Å². The van der Waals surface area contributed by atoms with Crippen molar-refractivity contribution in [3.8, 4) is 0 Å². The molecule has 5 nitrogen and oxygen atoms in total. The van der Waals surface area contributed by atoms with Gasteiger partial charge in [-0.15, -0.1) is 0 Å².